The Kier molecular flexibility index (Phi) is 37.3. The van der Waals surface area contributed by atoms with Crippen molar-refractivity contribution >= 4 is 5.78 Å². The fraction of sp³-hybridized carbons (Fsp3) is 0.841. The third-order valence-electron chi connectivity index (χ3n) is 9.51. The lowest BCUT2D eigenvalue weighted by molar-refractivity contribution is -0.120. The molecular weight excluding hydrogens is 558 g/mol. The van der Waals surface area contributed by atoms with Crippen LogP contribution >= 0.6 is 0 Å². The van der Waals surface area contributed by atoms with Crippen LogP contribution in [0.3, 0.4) is 0 Å². The molecule has 0 saturated carbocycles. The van der Waals surface area contributed by atoms with Crippen LogP contribution in [0.5, 0.6) is 0 Å². The fourth-order valence-corrected chi connectivity index (χ4v) is 6.47. The van der Waals surface area contributed by atoms with Gasteiger partial charge in [0.1, 0.15) is 5.78 Å². The molecule has 0 aliphatic carbocycles. The molecule has 0 radical (unpaired) electrons. The molecule has 0 aromatic carbocycles. The molecule has 0 fully saturated rings. The summed E-state index contributed by atoms with van der Waals surface area (Å²) in [6.07, 6.45) is 54.1. The normalized spacial score (nSPS) is 12.9. The first kappa shape index (κ1) is 44.9. The molecule has 0 aliphatic rings. The minimum atomic E-state index is 0.511. The highest BCUT2D eigenvalue weighted by molar-refractivity contribution is 5.78. The molecular formula is C44H83NO. The summed E-state index contributed by atoms with van der Waals surface area (Å²) in [6, 6.07) is 0. The monoisotopic (exact) mass is 642 g/mol. The topological polar surface area (TPSA) is 20.3 Å². The van der Waals surface area contributed by atoms with E-state index in [-0.39, 0.29) is 0 Å². The van der Waals surface area contributed by atoms with Crippen molar-refractivity contribution in [3.8, 4) is 0 Å². The van der Waals surface area contributed by atoms with Gasteiger partial charge in [-0.3, -0.25) is 4.79 Å². The quantitative estimate of drug-likeness (QED) is 0.0497. The molecule has 1 unspecified atom stereocenters. The van der Waals surface area contributed by atoms with E-state index in [0.717, 1.165) is 32.2 Å². The summed E-state index contributed by atoms with van der Waals surface area (Å²) in [5, 5.41) is 0. The van der Waals surface area contributed by atoms with Crippen LogP contribution in [0, 0.1) is 5.92 Å². The summed E-state index contributed by atoms with van der Waals surface area (Å²) >= 11 is 0. The SMILES string of the molecule is CCCCC/C=C\C/C=C\CCCCCCCCC(CCCCCCCC/C=C\CCCCCCCC)CC(=O)CCCN(C)C. The smallest absolute Gasteiger partial charge is 0.133 e. The molecule has 0 aromatic rings. The Morgan fingerprint density at radius 3 is 1.30 bits per heavy atom. The van der Waals surface area contributed by atoms with Crippen LogP contribution in [0.4, 0.5) is 0 Å². The maximum Gasteiger partial charge on any atom is 0.133 e. The van der Waals surface area contributed by atoms with Crippen molar-refractivity contribution in [2.75, 3.05) is 20.6 Å². The van der Waals surface area contributed by atoms with Gasteiger partial charge in [-0.1, -0.05) is 172 Å². The molecule has 0 heterocycles. The Morgan fingerprint density at radius 2 is 0.848 bits per heavy atom. The molecule has 0 bridgehead atoms. The first-order chi connectivity index (χ1) is 22.6. The standard InChI is InChI=1S/C44H83NO/c1-5-7-9-11-13-15-17-19-21-23-25-27-29-31-33-35-38-43(42-44(46)40-37-41-45(3)4)39-36-34-32-30-28-26-24-22-20-18-16-14-12-10-8-6-2/h13,15,19-22,43H,5-12,14,16-18,23-42H2,1-4H3/b15-13-,21-19-,22-20-. The van der Waals surface area contributed by atoms with E-state index in [1.807, 2.05) is 0 Å². The number of Topliss-reactive ketones (excluding diaryl/α,β-unsaturated/α-hetero) is 1. The minimum absolute atomic E-state index is 0.511. The van der Waals surface area contributed by atoms with Crippen molar-refractivity contribution in [3.63, 3.8) is 0 Å². The maximum atomic E-state index is 12.7. The molecule has 1 atom stereocenters. The summed E-state index contributed by atoms with van der Waals surface area (Å²) in [4.78, 5) is 14.9. The highest BCUT2D eigenvalue weighted by Crippen LogP contribution is 2.23. The zero-order valence-electron chi connectivity index (χ0n) is 32.0. The van der Waals surface area contributed by atoms with E-state index in [0.29, 0.717) is 11.7 Å². The second-order valence-corrected chi connectivity index (χ2v) is 14.6. The van der Waals surface area contributed by atoms with Crippen molar-refractivity contribution in [2.45, 2.75) is 213 Å². The maximum absolute atomic E-state index is 12.7. The van der Waals surface area contributed by atoms with Gasteiger partial charge < -0.3 is 4.90 Å². The molecule has 0 aromatic heterocycles. The van der Waals surface area contributed by atoms with Crippen LogP contribution in [-0.2, 0) is 4.79 Å². The average molecular weight is 642 g/mol. The largest absolute Gasteiger partial charge is 0.309 e. The van der Waals surface area contributed by atoms with Gasteiger partial charge in [0.05, 0.1) is 0 Å². The number of ketones is 1. The lowest BCUT2D eigenvalue weighted by Gasteiger charge is -2.17. The van der Waals surface area contributed by atoms with Crippen LogP contribution in [0.25, 0.3) is 0 Å². The number of hydrogen-bond acceptors (Lipinski definition) is 2. The van der Waals surface area contributed by atoms with E-state index in [1.165, 1.54) is 173 Å². The van der Waals surface area contributed by atoms with E-state index in [4.69, 9.17) is 0 Å². The number of carbonyl (C=O) groups excluding carboxylic acids is 1. The summed E-state index contributed by atoms with van der Waals surface area (Å²) in [6.45, 7) is 5.58. The third kappa shape index (κ3) is 37.3. The third-order valence-corrected chi connectivity index (χ3v) is 9.51. The summed E-state index contributed by atoms with van der Waals surface area (Å²) in [7, 11) is 4.21. The molecule has 46 heavy (non-hydrogen) atoms. The number of carbonyl (C=O) groups is 1. The van der Waals surface area contributed by atoms with Gasteiger partial charge in [0.2, 0.25) is 0 Å². The van der Waals surface area contributed by atoms with E-state index in [9.17, 15) is 4.79 Å². The van der Waals surface area contributed by atoms with Crippen molar-refractivity contribution in [1.82, 2.24) is 4.90 Å². The van der Waals surface area contributed by atoms with Crippen LogP contribution in [0.1, 0.15) is 213 Å². The molecule has 0 rings (SSSR count). The minimum Gasteiger partial charge on any atom is -0.309 e. The fourth-order valence-electron chi connectivity index (χ4n) is 6.47. The number of hydrogen-bond donors (Lipinski definition) is 0. The van der Waals surface area contributed by atoms with Gasteiger partial charge >= 0.3 is 0 Å². The molecule has 0 spiro atoms. The molecule has 0 N–H and O–H groups in total. The van der Waals surface area contributed by atoms with Gasteiger partial charge in [0.15, 0.2) is 0 Å². The van der Waals surface area contributed by atoms with E-state index in [2.05, 4.69) is 69.3 Å². The van der Waals surface area contributed by atoms with E-state index >= 15 is 0 Å². The highest BCUT2D eigenvalue weighted by atomic mass is 16.1. The molecule has 2 nitrogen and oxygen atoms in total. The lowest BCUT2D eigenvalue weighted by Crippen LogP contribution is -2.15. The van der Waals surface area contributed by atoms with E-state index in [1.54, 1.807) is 0 Å². The second-order valence-electron chi connectivity index (χ2n) is 14.6. The van der Waals surface area contributed by atoms with Crippen LogP contribution in [0.2, 0.25) is 0 Å². The zero-order chi connectivity index (χ0) is 33.6. The Labute approximate surface area is 290 Å². The highest BCUT2D eigenvalue weighted by Gasteiger charge is 2.14. The molecule has 0 saturated heterocycles. The summed E-state index contributed by atoms with van der Waals surface area (Å²) in [5.41, 5.74) is 0. The van der Waals surface area contributed by atoms with Gasteiger partial charge in [-0.15, -0.1) is 0 Å². The van der Waals surface area contributed by atoms with Crippen LogP contribution in [0.15, 0.2) is 36.5 Å². The molecule has 0 aliphatic heterocycles. The van der Waals surface area contributed by atoms with Crippen molar-refractivity contribution < 1.29 is 4.79 Å². The van der Waals surface area contributed by atoms with Gasteiger partial charge in [-0.05, 0) is 90.8 Å². The molecule has 0 amide bonds. The van der Waals surface area contributed by atoms with Gasteiger partial charge in [0.25, 0.3) is 0 Å². The average Bonchev–Trinajstić information content (AvgIpc) is 3.04. The molecule has 2 heteroatoms. The van der Waals surface area contributed by atoms with Crippen molar-refractivity contribution in [2.24, 2.45) is 5.92 Å². The number of allylic oxidation sites excluding steroid dienone is 6. The Balaban J connectivity index is 3.98. The zero-order valence-corrected chi connectivity index (χ0v) is 32.0. The van der Waals surface area contributed by atoms with Gasteiger partial charge in [-0.2, -0.15) is 0 Å². The van der Waals surface area contributed by atoms with Crippen LogP contribution in [-0.4, -0.2) is 31.3 Å². The van der Waals surface area contributed by atoms with Crippen LogP contribution < -0.4 is 0 Å². The predicted octanol–water partition coefficient (Wildman–Crippen LogP) is 14.5. The second kappa shape index (κ2) is 38.3. The molecule has 270 valence electrons. The summed E-state index contributed by atoms with van der Waals surface area (Å²) in [5.74, 6) is 1.13. The Bertz CT molecular complexity index is 690. The Morgan fingerprint density at radius 1 is 0.478 bits per heavy atom. The Hall–Kier alpha value is -1.15. The number of unbranched alkanes of at least 4 members (excludes halogenated alkanes) is 21. The van der Waals surface area contributed by atoms with Gasteiger partial charge in [0, 0.05) is 12.8 Å². The summed E-state index contributed by atoms with van der Waals surface area (Å²) < 4.78 is 0. The van der Waals surface area contributed by atoms with Crippen molar-refractivity contribution in [3.05, 3.63) is 36.5 Å². The van der Waals surface area contributed by atoms with E-state index < -0.39 is 0 Å². The first-order valence-electron chi connectivity index (χ1n) is 20.7. The van der Waals surface area contributed by atoms with Gasteiger partial charge in [-0.25, -0.2) is 0 Å². The predicted molar refractivity (Wildman–Crippen MR) is 209 cm³/mol. The number of rotatable bonds is 37. The number of nitrogens with zero attached hydrogens (tertiary/aromatic N) is 1. The van der Waals surface area contributed by atoms with Crippen molar-refractivity contribution in [1.29, 1.82) is 0 Å². The lowest BCUT2D eigenvalue weighted by atomic mass is 9.89. The first-order valence-corrected chi connectivity index (χ1v) is 20.7.